The number of nitrogen functional groups attached to an aromatic ring is 1. The first-order valence-electron chi connectivity index (χ1n) is 5.24. The van der Waals surface area contributed by atoms with Gasteiger partial charge in [-0.1, -0.05) is 0 Å². The molecular formula is C10H12F2N2O3S. The van der Waals surface area contributed by atoms with Crippen molar-refractivity contribution in [3.05, 3.63) is 23.8 Å². The highest BCUT2D eigenvalue weighted by Gasteiger charge is 2.33. The second-order valence-corrected chi connectivity index (χ2v) is 5.91. The lowest BCUT2D eigenvalue weighted by Gasteiger charge is -2.31. The molecule has 1 aliphatic rings. The van der Waals surface area contributed by atoms with Crippen LogP contribution in [0.25, 0.3) is 0 Å². The molecule has 0 aliphatic heterocycles. The summed E-state index contributed by atoms with van der Waals surface area (Å²) in [6, 6.07) is 0.988. The zero-order valence-corrected chi connectivity index (χ0v) is 10.0. The highest BCUT2D eigenvalue weighted by molar-refractivity contribution is 7.89. The minimum absolute atomic E-state index is 0.192. The molecule has 0 heterocycles. The van der Waals surface area contributed by atoms with E-state index in [2.05, 4.69) is 4.72 Å². The van der Waals surface area contributed by atoms with Gasteiger partial charge in [0.25, 0.3) is 0 Å². The highest BCUT2D eigenvalue weighted by Crippen LogP contribution is 2.25. The molecule has 0 unspecified atom stereocenters. The third-order valence-electron chi connectivity index (χ3n) is 2.72. The minimum Gasteiger partial charge on any atom is -0.399 e. The van der Waals surface area contributed by atoms with Crippen LogP contribution in [0.5, 0.6) is 0 Å². The molecule has 1 aromatic rings. The van der Waals surface area contributed by atoms with E-state index in [4.69, 9.17) is 10.8 Å². The maximum atomic E-state index is 13.5. The Morgan fingerprint density at radius 3 is 2.22 bits per heavy atom. The number of rotatable bonds is 3. The van der Waals surface area contributed by atoms with E-state index in [-0.39, 0.29) is 18.5 Å². The minimum atomic E-state index is -4.29. The van der Waals surface area contributed by atoms with Gasteiger partial charge in [-0.25, -0.2) is 21.9 Å². The maximum Gasteiger partial charge on any atom is 0.246 e. The summed E-state index contributed by atoms with van der Waals surface area (Å²) in [5.74, 6) is -2.47. The zero-order valence-electron chi connectivity index (χ0n) is 9.23. The molecule has 18 heavy (non-hydrogen) atoms. The summed E-state index contributed by atoms with van der Waals surface area (Å²) in [6.45, 7) is 0. The normalized spacial score (nSPS) is 23.7. The SMILES string of the molecule is Nc1cc(F)c(S(=O)(=O)NC2CC(O)C2)c(F)c1. The van der Waals surface area contributed by atoms with Crippen LogP contribution in [-0.2, 0) is 10.0 Å². The predicted molar refractivity (Wildman–Crippen MR) is 60.1 cm³/mol. The monoisotopic (exact) mass is 278 g/mol. The first-order valence-corrected chi connectivity index (χ1v) is 6.73. The van der Waals surface area contributed by atoms with Crippen LogP contribution in [0, 0.1) is 11.6 Å². The number of benzene rings is 1. The lowest BCUT2D eigenvalue weighted by atomic mass is 9.91. The number of aliphatic hydroxyl groups excluding tert-OH is 1. The van der Waals surface area contributed by atoms with Crippen LogP contribution in [0.15, 0.2) is 17.0 Å². The van der Waals surface area contributed by atoms with Gasteiger partial charge >= 0.3 is 0 Å². The lowest BCUT2D eigenvalue weighted by molar-refractivity contribution is 0.0711. The molecule has 0 aromatic heterocycles. The summed E-state index contributed by atoms with van der Waals surface area (Å²) in [5.41, 5.74) is 5.01. The number of aliphatic hydroxyl groups is 1. The number of anilines is 1. The number of hydrogen-bond acceptors (Lipinski definition) is 4. The summed E-state index contributed by atoms with van der Waals surface area (Å²) in [6.07, 6.45) is -0.103. The van der Waals surface area contributed by atoms with Gasteiger partial charge in [0.05, 0.1) is 6.10 Å². The van der Waals surface area contributed by atoms with E-state index < -0.39 is 38.7 Å². The molecule has 0 bridgehead atoms. The quantitative estimate of drug-likeness (QED) is 0.696. The summed E-state index contributed by atoms with van der Waals surface area (Å²) in [5, 5.41) is 9.03. The largest absolute Gasteiger partial charge is 0.399 e. The molecule has 0 amide bonds. The van der Waals surface area contributed by atoms with Crippen molar-refractivity contribution in [2.75, 3.05) is 5.73 Å². The van der Waals surface area contributed by atoms with Crippen LogP contribution in [-0.4, -0.2) is 25.7 Å². The van der Waals surface area contributed by atoms with Crippen LogP contribution in [0.2, 0.25) is 0 Å². The third kappa shape index (κ3) is 2.45. The van der Waals surface area contributed by atoms with Crippen LogP contribution in [0.3, 0.4) is 0 Å². The fraction of sp³-hybridized carbons (Fsp3) is 0.400. The Morgan fingerprint density at radius 1 is 1.28 bits per heavy atom. The number of nitrogens with two attached hydrogens (primary N) is 1. The van der Waals surface area contributed by atoms with Gasteiger partial charge < -0.3 is 10.8 Å². The van der Waals surface area contributed by atoms with E-state index in [0.29, 0.717) is 0 Å². The Hall–Kier alpha value is -1.25. The Labute approximate surface area is 103 Å². The highest BCUT2D eigenvalue weighted by atomic mass is 32.2. The van der Waals surface area contributed by atoms with Crippen molar-refractivity contribution in [3.63, 3.8) is 0 Å². The van der Waals surface area contributed by atoms with Crippen molar-refractivity contribution in [2.45, 2.75) is 29.9 Å². The smallest absolute Gasteiger partial charge is 0.246 e. The van der Waals surface area contributed by atoms with E-state index >= 15 is 0 Å². The molecule has 8 heteroatoms. The van der Waals surface area contributed by atoms with Crippen molar-refractivity contribution >= 4 is 15.7 Å². The molecule has 100 valence electrons. The first-order chi connectivity index (χ1) is 8.29. The summed E-state index contributed by atoms with van der Waals surface area (Å²) in [7, 11) is -4.29. The molecule has 1 fully saturated rings. The average Bonchev–Trinajstić information content (AvgIpc) is 2.11. The van der Waals surface area contributed by atoms with E-state index in [0.717, 1.165) is 12.1 Å². The molecule has 0 radical (unpaired) electrons. The standard InChI is InChI=1S/C10H12F2N2O3S/c11-8-1-5(13)2-9(12)10(8)18(16,17)14-6-3-7(15)4-6/h1-2,6-7,14-15H,3-4,13H2. The second-order valence-electron chi connectivity index (χ2n) is 4.26. The summed E-state index contributed by atoms with van der Waals surface area (Å²) < 4.78 is 52.6. The fourth-order valence-corrected chi connectivity index (χ4v) is 3.18. The summed E-state index contributed by atoms with van der Waals surface area (Å²) >= 11 is 0. The van der Waals surface area contributed by atoms with Gasteiger partial charge in [-0.05, 0) is 25.0 Å². The lowest BCUT2D eigenvalue weighted by Crippen LogP contribution is -2.46. The number of halogens is 2. The van der Waals surface area contributed by atoms with E-state index in [1.54, 1.807) is 0 Å². The number of nitrogens with one attached hydrogen (secondary N) is 1. The average molecular weight is 278 g/mol. The molecule has 2 rings (SSSR count). The molecule has 0 atom stereocenters. The number of hydrogen-bond donors (Lipinski definition) is 3. The molecule has 1 saturated carbocycles. The molecule has 0 saturated heterocycles. The first kappa shape index (κ1) is 13.2. The summed E-state index contributed by atoms with van der Waals surface area (Å²) in [4.78, 5) is -1.04. The van der Waals surface area contributed by atoms with Gasteiger partial charge in [0.2, 0.25) is 10.0 Å². The van der Waals surface area contributed by atoms with Crippen molar-refractivity contribution in [1.29, 1.82) is 0 Å². The van der Waals surface area contributed by atoms with Crippen molar-refractivity contribution in [2.24, 2.45) is 0 Å². The van der Waals surface area contributed by atoms with Crippen LogP contribution in [0.1, 0.15) is 12.8 Å². The Morgan fingerprint density at radius 2 is 1.78 bits per heavy atom. The van der Waals surface area contributed by atoms with Gasteiger partial charge in [-0.2, -0.15) is 0 Å². The zero-order chi connectivity index (χ0) is 13.5. The maximum absolute atomic E-state index is 13.5. The van der Waals surface area contributed by atoms with Crippen molar-refractivity contribution in [3.8, 4) is 0 Å². The van der Waals surface area contributed by atoms with Crippen molar-refractivity contribution < 1.29 is 22.3 Å². The molecule has 1 aromatic carbocycles. The van der Waals surface area contributed by atoms with Crippen LogP contribution < -0.4 is 10.5 Å². The predicted octanol–water partition coefficient (Wildman–Crippen LogP) is 0.349. The number of sulfonamides is 1. The third-order valence-corrected chi connectivity index (χ3v) is 4.30. The van der Waals surface area contributed by atoms with E-state index in [9.17, 15) is 17.2 Å². The fourth-order valence-electron chi connectivity index (χ4n) is 1.80. The van der Waals surface area contributed by atoms with Crippen LogP contribution >= 0.6 is 0 Å². The second kappa shape index (κ2) is 4.45. The van der Waals surface area contributed by atoms with Gasteiger partial charge in [-0.3, -0.25) is 0 Å². The Bertz CT molecular complexity index is 547. The van der Waals surface area contributed by atoms with Gasteiger partial charge in [0.1, 0.15) is 11.6 Å². The Kier molecular flexibility index (Phi) is 3.26. The van der Waals surface area contributed by atoms with E-state index in [1.807, 2.05) is 0 Å². The van der Waals surface area contributed by atoms with Gasteiger partial charge in [-0.15, -0.1) is 0 Å². The van der Waals surface area contributed by atoms with Crippen molar-refractivity contribution in [1.82, 2.24) is 4.72 Å². The van der Waals surface area contributed by atoms with Crippen LogP contribution in [0.4, 0.5) is 14.5 Å². The molecule has 0 spiro atoms. The van der Waals surface area contributed by atoms with Gasteiger partial charge in [0, 0.05) is 11.7 Å². The molecule has 4 N–H and O–H groups in total. The Balaban J connectivity index is 2.30. The molecular weight excluding hydrogens is 266 g/mol. The molecule has 1 aliphatic carbocycles. The topological polar surface area (TPSA) is 92.4 Å². The molecule has 5 nitrogen and oxygen atoms in total. The van der Waals surface area contributed by atoms with E-state index in [1.165, 1.54) is 0 Å². The van der Waals surface area contributed by atoms with Gasteiger partial charge in [0.15, 0.2) is 4.90 Å².